The molecule has 4 rings (SSSR count). The second-order valence-electron chi connectivity index (χ2n) is 6.64. The van der Waals surface area contributed by atoms with Gasteiger partial charge in [0, 0.05) is 26.7 Å². The van der Waals surface area contributed by atoms with E-state index >= 15 is 0 Å². The third-order valence-electron chi connectivity index (χ3n) is 4.82. The highest BCUT2D eigenvalue weighted by molar-refractivity contribution is 5.90. The van der Waals surface area contributed by atoms with Crippen LogP contribution in [0.3, 0.4) is 0 Å². The molecule has 7 heteroatoms. The average Bonchev–Trinajstić information content (AvgIpc) is 3.02. The molecule has 3 aromatic rings. The summed E-state index contributed by atoms with van der Waals surface area (Å²) in [6.45, 7) is 4.43. The van der Waals surface area contributed by atoms with E-state index in [1.807, 2.05) is 42.0 Å². The Kier molecular flexibility index (Phi) is 4.28. The summed E-state index contributed by atoms with van der Waals surface area (Å²) in [5, 5.41) is 5.17. The van der Waals surface area contributed by atoms with Gasteiger partial charge in [0.1, 0.15) is 11.6 Å². The van der Waals surface area contributed by atoms with Gasteiger partial charge in [0.05, 0.1) is 18.1 Å². The minimum absolute atomic E-state index is 0.139. The number of hydrogen-bond acceptors (Lipinski definition) is 5. The first-order valence-corrected chi connectivity index (χ1v) is 8.85. The van der Waals surface area contributed by atoms with Crippen molar-refractivity contribution in [3.63, 3.8) is 0 Å². The van der Waals surface area contributed by atoms with Crippen LogP contribution in [-0.2, 0) is 18.3 Å². The van der Waals surface area contributed by atoms with Gasteiger partial charge in [-0.25, -0.2) is 9.97 Å². The topological polar surface area (TPSA) is 67.2 Å². The van der Waals surface area contributed by atoms with E-state index in [0.717, 1.165) is 36.4 Å². The SMILES string of the molecule is Cc1nc(N2CCN(CCc3ccccc3)C(=O)C2)c2cnn(C)c2n1. The number of aromatic nitrogens is 4. The summed E-state index contributed by atoms with van der Waals surface area (Å²) in [6.07, 6.45) is 2.66. The summed E-state index contributed by atoms with van der Waals surface area (Å²) >= 11 is 0. The fraction of sp³-hybridized carbons (Fsp3) is 0.368. The van der Waals surface area contributed by atoms with Crippen LogP contribution in [0.15, 0.2) is 36.5 Å². The number of carbonyl (C=O) groups excluding carboxylic acids is 1. The Labute approximate surface area is 152 Å². The maximum atomic E-state index is 12.6. The number of anilines is 1. The van der Waals surface area contributed by atoms with Crippen molar-refractivity contribution in [3.8, 4) is 0 Å². The summed E-state index contributed by atoms with van der Waals surface area (Å²) < 4.78 is 1.74. The average molecular weight is 350 g/mol. The van der Waals surface area contributed by atoms with Crippen LogP contribution in [0.4, 0.5) is 5.82 Å². The van der Waals surface area contributed by atoms with E-state index in [-0.39, 0.29) is 5.91 Å². The van der Waals surface area contributed by atoms with Crippen LogP contribution in [0.5, 0.6) is 0 Å². The highest BCUT2D eigenvalue weighted by Crippen LogP contribution is 2.24. The third-order valence-corrected chi connectivity index (χ3v) is 4.82. The molecule has 0 spiro atoms. The molecule has 1 aliphatic heterocycles. The molecule has 26 heavy (non-hydrogen) atoms. The van der Waals surface area contributed by atoms with Crippen LogP contribution in [0.25, 0.3) is 11.0 Å². The van der Waals surface area contributed by atoms with Crippen molar-refractivity contribution in [1.82, 2.24) is 24.6 Å². The number of amides is 1. The van der Waals surface area contributed by atoms with E-state index in [1.165, 1.54) is 5.56 Å². The quantitative estimate of drug-likeness (QED) is 0.714. The van der Waals surface area contributed by atoms with Gasteiger partial charge in [-0.3, -0.25) is 9.48 Å². The zero-order valence-electron chi connectivity index (χ0n) is 15.1. The van der Waals surface area contributed by atoms with Gasteiger partial charge in [-0.1, -0.05) is 30.3 Å². The highest BCUT2D eigenvalue weighted by Gasteiger charge is 2.26. The van der Waals surface area contributed by atoms with Gasteiger partial charge in [-0.2, -0.15) is 5.10 Å². The van der Waals surface area contributed by atoms with Gasteiger partial charge in [0.15, 0.2) is 5.65 Å². The van der Waals surface area contributed by atoms with Gasteiger partial charge in [-0.05, 0) is 18.9 Å². The second-order valence-corrected chi connectivity index (χ2v) is 6.64. The Morgan fingerprint density at radius 1 is 1.12 bits per heavy atom. The molecule has 0 bridgehead atoms. The first-order valence-electron chi connectivity index (χ1n) is 8.85. The standard InChI is InChI=1S/C19H22N6O/c1-14-21-18-16(12-20-23(18)2)19(22-14)25-11-10-24(17(26)13-25)9-8-15-6-4-3-5-7-15/h3-7,12H,8-11,13H2,1-2H3. The molecule has 0 saturated carbocycles. The van der Waals surface area contributed by atoms with Crippen molar-refractivity contribution in [2.24, 2.45) is 7.05 Å². The molecule has 2 aromatic heterocycles. The van der Waals surface area contributed by atoms with Gasteiger partial charge in [0.25, 0.3) is 0 Å². The molecule has 1 fully saturated rings. The number of fused-ring (bicyclic) bond motifs is 1. The Hall–Kier alpha value is -2.96. The summed E-state index contributed by atoms with van der Waals surface area (Å²) in [5.74, 6) is 1.63. The van der Waals surface area contributed by atoms with Gasteiger partial charge < -0.3 is 9.80 Å². The zero-order chi connectivity index (χ0) is 18.1. The summed E-state index contributed by atoms with van der Waals surface area (Å²) in [4.78, 5) is 25.7. The smallest absolute Gasteiger partial charge is 0.242 e. The van der Waals surface area contributed by atoms with Crippen LogP contribution in [0.2, 0.25) is 0 Å². The van der Waals surface area contributed by atoms with Crippen LogP contribution in [-0.4, -0.2) is 56.7 Å². The first kappa shape index (κ1) is 16.5. The maximum absolute atomic E-state index is 12.6. The number of hydrogen-bond donors (Lipinski definition) is 0. The third kappa shape index (κ3) is 3.12. The molecule has 1 aromatic carbocycles. The molecular formula is C19H22N6O. The van der Waals surface area contributed by atoms with Crippen molar-refractivity contribution in [2.75, 3.05) is 31.1 Å². The van der Waals surface area contributed by atoms with E-state index in [1.54, 1.807) is 10.9 Å². The van der Waals surface area contributed by atoms with Crippen LogP contribution >= 0.6 is 0 Å². The monoisotopic (exact) mass is 350 g/mol. The largest absolute Gasteiger partial charge is 0.345 e. The lowest BCUT2D eigenvalue weighted by molar-refractivity contribution is -0.130. The van der Waals surface area contributed by atoms with Crippen molar-refractivity contribution in [2.45, 2.75) is 13.3 Å². The molecule has 1 amide bonds. The molecule has 0 unspecified atom stereocenters. The molecule has 1 saturated heterocycles. The first-order chi connectivity index (χ1) is 12.6. The molecule has 3 heterocycles. The summed E-state index contributed by atoms with van der Waals surface area (Å²) in [5.41, 5.74) is 2.05. The zero-order valence-corrected chi connectivity index (χ0v) is 15.1. The predicted molar refractivity (Wildman–Crippen MR) is 100.0 cm³/mol. The van der Waals surface area contributed by atoms with E-state index in [0.29, 0.717) is 18.9 Å². The Morgan fingerprint density at radius 2 is 1.92 bits per heavy atom. The van der Waals surface area contributed by atoms with Gasteiger partial charge >= 0.3 is 0 Å². The molecule has 1 aliphatic rings. The maximum Gasteiger partial charge on any atom is 0.242 e. The Morgan fingerprint density at radius 3 is 2.69 bits per heavy atom. The van der Waals surface area contributed by atoms with E-state index in [9.17, 15) is 4.79 Å². The fourth-order valence-corrected chi connectivity index (χ4v) is 3.39. The van der Waals surface area contributed by atoms with Crippen molar-refractivity contribution in [1.29, 1.82) is 0 Å². The van der Waals surface area contributed by atoms with Gasteiger partial charge in [-0.15, -0.1) is 0 Å². The molecule has 0 N–H and O–H groups in total. The molecular weight excluding hydrogens is 328 g/mol. The number of aryl methyl sites for hydroxylation is 2. The van der Waals surface area contributed by atoms with Crippen LogP contribution in [0, 0.1) is 6.92 Å². The predicted octanol–water partition coefficient (Wildman–Crippen LogP) is 1.56. The minimum Gasteiger partial charge on any atom is -0.345 e. The second kappa shape index (κ2) is 6.74. The number of rotatable bonds is 4. The van der Waals surface area contributed by atoms with Crippen LogP contribution < -0.4 is 4.90 Å². The number of benzene rings is 1. The molecule has 0 radical (unpaired) electrons. The lowest BCUT2D eigenvalue weighted by atomic mass is 10.1. The van der Waals surface area contributed by atoms with E-state index < -0.39 is 0 Å². The molecule has 7 nitrogen and oxygen atoms in total. The lowest BCUT2D eigenvalue weighted by Gasteiger charge is -2.35. The van der Waals surface area contributed by atoms with Crippen molar-refractivity contribution >= 4 is 22.8 Å². The van der Waals surface area contributed by atoms with E-state index in [4.69, 9.17) is 0 Å². The normalized spacial score (nSPS) is 15.1. The number of piperazine rings is 1. The Bertz CT molecular complexity index is 936. The highest BCUT2D eigenvalue weighted by atomic mass is 16.2. The summed E-state index contributed by atoms with van der Waals surface area (Å²) in [6, 6.07) is 10.3. The minimum atomic E-state index is 0.139. The van der Waals surface area contributed by atoms with Crippen molar-refractivity contribution < 1.29 is 4.79 Å². The Balaban J connectivity index is 1.48. The molecule has 0 atom stereocenters. The van der Waals surface area contributed by atoms with E-state index in [2.05, 4.69) is 27.2 Å². The lowest BCUT2D eigenvalue weighted by Crippen LogP contribution is -2.51. The van der Waals surface area contributed by atoms with Gasteiger partial charge in [0.2, 0.25) is 5.91 Å². The molecule has 134 valence electrons. The van der Waals surface area contributed by atoms with Crippen LogP contribution in [0.1, 0.15) is 11.4 Å². The fourth-order valence-electron chi connectivity index (χ4n) is 3.39. The number of carbonyl (C=O) groups is 1. The molecule has 0 aliphatic carbocycles. The summed E-state index contributed by atoms with van der Waals surface area (Å²) in [7, 11) is 1.87. The number of nitrogens with zero attached hydrogens (tertiary/aromatic N) is 6. The van der Waals surface area contributed by atoms with Crippen molar-refractivity contribution in [3.05, 3.63) is 47.9 Å².